The van der Waals surface area contributed by atoms with Gasteiger partial charge in [-0.2, -0.15) is 9.78 Å². The van der Waals surface area contributed by atoms with Crippen molar-refractivity contribution in [3.63, 3.8) is 0 Å². The van der Waals surface area contributed by atoms with Crippen molar-refractivity contribution in [3.05, 3.63) is 96.4 Å². The Bertz CT molecular complexity index is 1520. The second-order valence-electron chi connectivity index (χ2n) is 8.32. The Hall–Kier alpha value is -3.01. The number of anilines is 1. The van der Waals surface area contributed by atoms with E-state index in [2.05, 4.69) is 42.3 Å². The SMILES string of the molecule is CC[C@@H](C)c1nc2ccc(Br)cc2c(=O)n1N=Cc1cc(Cl)c(OCC(=O)Nc2ccccc2)c(Br)c1. The van der Waals surface area contributed by atoms with Crippen molar-refractivity contribution in [1.29, 1.82) is 0 Å². The van der Waals surface area contributed by atoms with E-state index in [0.29, 0.717) is 43.2 Å². The molecule has 0 aliphatic heterocycles. The fraction of sp³-hybridized carbons (Fsp3) is 0.185. The summed E-state index contributed by atoms with van der Waals surface area (Å²) in [5.41, 5.74) is 1.68. The third-order valence-corrected chi connectivity index (χ3v) is 7.00. The molecule has 1 amide bonds. The molecule has 0 radical (unpaired) electrons. The molecule has 37 heavy (non-hydrogen) atoms. The number of halogens is 3. The molecule has 1 atom stereocenters. The van der Waals surface area contributed by atoms with E-state index in [1.54, 1.807) is 36.5 Å². The van der Waals surface area contributed by atoms with E-state index in [-0.39, 0.29) is 24.0 Å². The molecule has 4 aromatic rings. The summed E-state index contributed by atoms with van der Waals surface area (Å²) < 4.78 is 8.33. The predicted molar refractivity (Wildman–Crippen MR) is 155 cm³/mol. The van der Waals surface area contributed by atoms with Crippen LogP contribution in [-0.4, -0.2) is 28.4 Å². The fourth-order valence-electron chi connectivity index (χ4n) is 3.55. The van der Waals surface area contributed by atoms with Gasteiger partial charge in [0, 0.05) is 16.1 Å². The number of ether oxygens (including phenoxy) is 1. The monoisotopic (exact) mass is 644 g/mol. The molecule has 4 rings (SSSR count). The quantitative estimate of drug-likeness (QED) is 0.209. The molecule has 190 valence electrons. The first kappa shape index (κ1) is 27.0. The molecule has 0 unspecified atom stereocenters. The van der Waals surface area contributed by atoms with E-state index < -0.39 is 0 Å². The largest absolute Gasteiger partial charge is 0.481 e. The minimum atomic E-state index is -0.313. The molecule has 0 aliphatic carbocycles. The number of carbonyl (C=O) groups excluding carboxylic acids is 1. The Morgan fingerprint density at radius 2 is 1.95 bits per heavy atom. The van der Waals surface area contributed by atoms with Crippen LogP contribution >= 0.6 is 43.5 Å². The Morgan fingerprint density at radius 1 is 1.19 bits per heavy atom. The van der Waals surface area contributed by atoms with Gasteiger partial charge in [0.25, 0.3) is 11.5 Å². The molecule has 1 N–H and O–H groups in total. The number of fused-ring (bicyclic) bond motifs is 1. The number of aromatic nitrogens is 2. The van der Waals surface area contributed by atoms with Crippen LogP contribution in [0.2, 0.25) is 5.02 Å². The van der Waals surface area contributed by atoms with Crippen molar-refractivity contribution < 1.29 is 9.53 Å². The van der Waals surface area contributed by atoms with Gasteiger partial charge >= 0.3 is 0 Å². The number of benzene rings is 3. The van der Waals surface area contributed by atoms with Gasteiger partial charge < -0.3 is 10.1 Å². The first-order valence-electron chi connectivity index (χ1n) is 11.5. The molecule has 0 fully saturated rings. The summed E-state index contributed by atoms with van der Waals surface area (Å²) in [7, 11) is 0. The summed E-state index contributed by atoms with van der Waals surface area (Å²) in [6, 6.07) is 17.9. The second kappa shape index (κ2) is 12.0. The van der Waals surface area contributed by atoms with Crippen LogP contribution in [0.25, 0.3) is 10.9 Å². The first-order chi connectivity index (χ1) is 17.8. The first-order valence-corrected chi connectivity index (χ1v) is 13.5. The van der Waals surface area contributed by atoms with Gasteiger partial charge in [0.15, 0.2) is 12.4 Å². The van der Waals surface area contributed by atoms with Crippen LogP contribution < -0.4 is 15.6 Å². The molecule has 10 heteroatoms. The van der Waals surface area contributed by atoms with Crippen molar-refractivity contribution in [2.45, 2.75) is 26.2 Å². The molecule has 7 nitrogen and oxygen atoms in total. The highest BCUT2D eigenvalue weighted by Gasteiger charge is 2.16. The number of rotatable bonds is 8. The van der Waals surface area contributed by atoms with Gasteiger partial charge in [-0.15, -0.1) is 0 Å². The third kappa shape index (κ3) is 6.47. The number of nitrogens with one attached hydrogen (secondary N) is 1. The number of carbonyl (C=O) groups is 1. The van der Waals surface area contributed by atoms with E-state index in [1.165, 1.54) is 4.68 Å². The molecular formula is C27H23Br2ClN4O3. The standard InChI is InChI=1S/C27H23Br2ClN4O3/c1-3-16(2)26-33-23-10-9-18(28)13-20(23)27(36)34(26)31-14-17-11-21(29)25(22(30)12-17)37-15-24(35)32-19-7-5-4-6-8-19/h4-14,16H,3,15H2,1-2H3,(H,32,35)/t16-/m1/s1. The maximum atomic E-state index is 13.3. The maximum Gasteiger partial charge on any atom is 0.282 e. The number of hydrogen-bond acceptors (Lipinski definition) is 5. The maximum absolute atomic E-state index is 13.3. The molecule has 0 aliphatic rings. The smallest absolute Gasteiger partial charge is 0.282 e. The number of para-hydroxylation sites is 1. The van der Waals surface area contributed by atoms with Gasteiger partial charge in [-0.1, -0.05) is 59.6 Å². The Morgan fingerprint density at radius 3 is 2.65 bits per heavy atom. The highest BCUT2D eigenvalue weighted by atomic mass is 79.9. The van der Waals surface area contributed by atoms with Gasteiger partial charge in [-0.3, -0.25) is 9.59 Å². The molecule has 0 saturated heterocycles. The van der Waals surface area contributed by atoms with Crippen molar-refractivity contribution in [3.8, 4) is 5.75 Å². The summed E-state index contributed by atoms with van der Waals surface area (Å²) in [6.45, 7) is 3.82. The summed E-state index contributed by atoms with van der Waals surface area (Å²) in [6.07, 6.45) is 2.34. The highest BCUT2D eigenvalue weighted by Crippen LogP contribution is 2.34. The van der Waals surface area contributed by atoms with Gasteiger partial charge in [0.05, 0.1) is 26.6 Å². The Kier molecular flexibility index (Phi) is 8.79. The van der Waals surface area contributed by atoms with Crippen LogP contribution in [0.15, 0.2) is 79.5 Å². The van der Waals surface area contributed by atoms with Crippen LogP contribution in [0, 0.1) is 0 Å². The lowest BCUT2D eigenvalue weighted by Crippen LogP contribution is -2.23. The zero-order chi connectivity index (χ0) is 26.5. The zero-order valence-electron chi connectivity index (χ0n) is 20.0. The lowest BCUT2D eigenvalue weighted by atomic mass is 10.1. The molecule has 1 aromatic heterocycles. The average molecular weight is 647 g/mol. The molecule has 0 spiro atoms. The minimum Gasteiger partial charge on any atom is -0.481 e. The van der Waals surface area contributed by atoms with Gasteiger partial charge in [0.1, 0.15) is 5.82 Å². The van der Waals surface area contributed by atoms with E-state index in [0.717, 1.165) is 10.9 Å². The van der Waals surface area contributed by atoms with Gasteiger partial charge in [-0.25, -0.2) is 4.98 Å². The van der Waals surface area contributed by atoms with Crippen LogP contribution in [0.3, 0.4) is 0 Å². The topological polar surface area (TPSA) is 85.6 Å². The fourth-order valence-corrected chi connectivity index (χ4v) is 4.90. The predicted octanol–water partition coefficient (Wildman–Crippen LogP) is 6.99. The summed E-state index contributed by atoms with van der Waals surface area (Å²) in [5, 5.41) is 7.99. The number of amides is 1. The second-order valence-corrected chi connectivity index (χ2v) is 10.5. The molecular weight excluding hydrogens is 624 g/mol. The van der Waals surface area contributed by atoms with Crippen molar-refractivity contribution >= 4 is 72.2 Å². The van der Waals surface area contributed by atoms with Crippen molar-refractivity contribution in [2.24, 2.45) is 5.10 Å². The van der Waals surface area contributed by atoms with Crippen LogP contribution in [0.5, 0.6) is 5.75 Å². The van der Waals surface area contributed by atoms with Crippen LogP contribution in [0.4, 0.5) is 5.69 Å². The van der Waals surface area contributed by atoms with Crippen molar-refractivity contribution in [1.82, 2.24) is 9.66 Å². The van der Waals surface area contributed by atoms with Crippen LogP contribution in [0.1, 0.15) is 37.6 Å². The zero-order valence-corrected chi connectivity index (χ0v) is 24.0. The lowest BCUT2D eigenvalue weighted by Gasteiger charge is -2.14. The van der Waals surface area contributed by atoms with Gasteiger partial charge in [-0.05, 0) is 70.4 Å². The summed E-state index contributed by atoms with van der Waals surface area (Å²) in [5.74, 6) is 0.614. The van der Waals surface area contributed by atoms with E-state index in [1.807, 2.05) is 44.2 Å². The van der Waals surface area contributed by atoms with Crippen LogP contribution in [-0.2, 0) is 4.79 Å². The Labute approximate surface area is 235 Å². The molecule has 0 saturated carbocycles. The minimum absolute atomic E-state index is 0.0195. The highest BCUT2D eigenvalue weighted by molar-refractivity contribution is 9.10. The summed E-state index contributed by atoms with van der Waals surface area (Å²) >= 11 is 13.3. The molecule has 1 heterocycles. The normalized spacial score (nSPS) is 12.1. The average Bonchev–Trinajstić information content (AvgIpc) is 2.88. The number of nitrogens with zero attached hydrogens (tertiary/aromatic N) is 3. The van der Waals surface area contributed by atoms with Crippen molar-refractivity contribution in [2.75, 3.05) is 11.9 Å². The Balaban J connectivity index is 1.58. The third-order valence-electron chi connectivity index (χ3n) is 5.63. The molecule has 0 bridgehead atoms. The van der Waals surface area contributed by atoms with E-state index in [9.17, 15) is 9.59 Å². The van der Waals surface area contributed by atoms with Gasteiger partial charge in [0.2, 0.25) is 0 Å². The number of hydrogen-bond donors (Lipinski definition) is 1. The van der Waals surface area contributed by atoms with E-state index >= 15 is 0 Å². The lowest BCUT2D eigenvalue weighted by molar-refractivity contribution is -0.118. The molecule has 3 aromatic carbocycles. The summed E-state index contributed by atoms with van der Waals surface area (Å²) in [4.78, 5) is 30.3. The van der Waals surface area contributed by atoms with E-state index in [4.69, 9.17) is 21.3 Å².